The quantitative estimate of drug-likeness (QED) is 0.225. The van der Waals surface area contributed by atoms with Gasteiger partial charge in [-0.15, -0.1) is 26.7 Å². The van der Waals surface area contributed by atoms with Gasteiger partial charge in [-0.3, -0.25) is 12.2 Å². The van der Waals surface area contributed by atoms with Gasteiger partial charge < -0.3 is 48.0 Å². The van der Waals surface area contributed by atoms with E-state index in [0.717, 1.165) is 22.4 Å². The first-order valence-electron chi connectivity index (χ1n) is 9.45. The molecule has 2 aliphatic carbocycles. The van der Waals surface area contributed by atoms with Gasteiger partial charge in [0.05, 0.1) is 0 Å². The molecule has 0 aromatic heterocycles. The maximum atomic E-state index is 3.33. The van der Waals surface area contributed by atoms with Crippen molar-refractivity contribution < 1.29 is 74.2 Å². The Labute approximate surface area is 220 Å². The number of hydrogen-bond acceptors (Lipinski definition) is 0. The van der Waals surface area contributed by atoms with Gasteiger partial charge in [-0.25, -0.2) is 22.3 Å². The van der Waals surface area contributed by atoms with Gasteiger partial charge in [0.15, 0.2) is 0 Å². The van der Waals surface area contributed by atoms with Crippen LogP contribution >= 0.6 is 0 Å². The van der Waals surface area contributed by atoms with Gasteiger partial charge in [0.1, 0.15) is 0 Å². The van der Waals surface area contributed by atoms with E-state index in [1.54, 1.807) is 0 Å². The van der Waals surface area contributed by atoms with Gasteiger partial charge in [0.2, 0.25) is 0 Å². The summed E-state index contributed by atoms with van der Waals surface area (Å²) >= 11 is 0. The summed E-state index contributed by atoms with van der Waals surface area (Å²) in [7, 11) is 0.815. The smallest absolute Gasteiger partial charge is 1.00 e. The molecule has 26 heavy (non-hydrogen) atoms. The maximum Gasteiger partial charge on any atom is 4.00 e. The van der Waals surface area contributed by atoms with Gasteiger partial charge in [-0.1, -0.05) is 65.5 Å². The molecular weight excluding hydrogens is 637 g/mol. The summed E-state index contributed by atoms with van der Waals surface area (Å²) in [4.78, 5) is 0. The van der Waals surface area contributed by atoms with Crippen LogP contribution in [0.4, 0.5) is 0 Å². The summed E-state index contributed by atoms with van der Waals surface area (Å²) < 4.78 is 0. The molecule has 147 valence electrons. The Bertz CT molecular complexity index is 397. The van der Waals surface area contributed by atoms with E-state index in [4.69, 9.17) is 0 Å². The van der Waals surface area contributed by atoms with E-state index >= 15 is 0 Å². The van der Waals surface area contributed by atoms with Gasteiger partial charge in [0, 0.05) is 9.52 Å². The van der Waals surface area contributed by atoms with Crippen molar-refractivity contribution in [2.45, 2.75) is 92.2 Å². The molecule has 0 spiro atoms. The van der Waals surface area contributed by atoms with Crippen molar-refractivity contribution in [2.24, 2.45) is 0 Å². The van der Waals surface area contributed by atoms with Gasteiger partial charge in [0.25, 0.3) is 0 Å². The first kappa shape index (κ1) is 35.0. The van der Waals surface area contributed by atoms with Gasteiger partial charge in [-0.05, 0) is 0 Å². The van der Waals surface area contributed by atoms with Crippen LogP contribution in [-0.4, -0.2) is 9.52 Å². The van der Waals surface area contributed by atoms with E-state index in [1.165, 1.54) is 60.1 Å². The molecule has 0 aliphatic heterocycles. The zero-order valence-electron chi connectivity index (χ0n) is 17.6. The predicted molar refractivity (Wildman–Crippen MR) is 108 cm³/mol. The van der Waals surface area contributed by atoms with E-state index in [1.807, 2.05) is 0 Å². The largest absolute Gasteiger partial charge is 4.00 e. The Kier molecular flexibility index (Phi) is 33.0. The van der Waals surface area contributed by atoms with Crippen LogP contribution in [0.15, 0.2) is 34.4 Å². The summed E-state index contributed by atoms with van der Waals surface area (Å²) in [5, 5.41) is 0. The second-order valence-electron chi connectivity index (χ2n) is 6.10. The average molecular weight is 675 g/mol. The molecule has 0 N–H and O–H groups in total. The standard InChI is InChI=1S/2C9H13.C4H11Si.2HI.Zr/c2*1-3-5-9-7-4-6-8(9)2;1-3-5-4-2;;;/h2*6H,3-5H2,1-2H3;5H,3-4H2,1-2H3;2*1H;/q2*-1;;;;+4/p-2. The van der Waals surface area contributed by atoms with E-state index in [2.05, 4.69) is 65.8 Å². The zero-order chi connectivity index (χ0) is 17.5. The second-order valence-corrected chi connectivity index (χ2v) is 8.31. The topological polar surface area (TPSA) is 0 Å². The fourth-order valence-corrected chi connectivity index (χ4v) is 3.12. The summed E-state index contributed by atoms with van der Waals surface area (Å²) in [6.45, 7) is 13.3. The molecule has 0 aromatic carbocycles. The third-order valence-electron chi connectivity index (χ3n) is 3.98. The van der Waals surface area contributed by atoms with E-state index in [9.17, 15) is 0 Å². The number of halogens is 2. The van der Waals surface area contributed by atoms with E-state index < -0.39 is 0 Å². The summed E-state index contributed by atoms with van der Waals surface area (Å²) in [5.41, 5.74) is 5.77. The van der Waals surface area contributed by atoms with Crippen LogP contribution < -0.4 is 48.0 Å². The minimum absolute atomic E-state index is 0. The van der Waals surface area contributed by atoms with Crippen molar-refractivity contribution in [3.8, 4) is 0 Å². The molecule has 2 aliphatic rings. The molecule has 0 unspecified atom stereocenters. The molecule has 0 aromatic rings. The van der Waals surface area contributed by atoms with Crippen LogP contribution in [0.5, 0.6) is 0 Å². The van der Waals surface area contributed by atoms with Crippen molar-refractivity contribution in [1.29, 1.82) is 0 Å². The fourth-order valence-electron chi connectivity index (χ4n) is 2.54. The molecule has 0 fully saturated rings. The van der Waals surface area contributed by atoms with Crippen LogP contribution in [0.2, 0.25) is 12.1 Å². The molecule has 0 bridgehead atoms. The molecule has 0 amide bonds. The number of allylic oxidation sites excluding steroid dienone is 8. The monoisotopic (exact) mass is 673 g/mol. The summed E-state index contributed by atoms with van der Waals surface area (Å²) in [5.74, 6) is 0. The SMILES string of the molecule is CCCC1=[C-]CC=C1C.CCCC1=[C-]CC=C1C.CC[SiH]CC.[I-].[I-].[Zr+4]. The zero-order valence-corrected chi connectivity index (χ0v) is 25.6. The maximum absolute atomic E-state index is 3.33. The van der Waals surface area contributed by atoms with Gasteiger partial charge in [-0.2, -0.15) is 12.2 Å². The number of hydrogen-bond donors (Lipinski definition) is 0. The van der Waals surface area contributed by atoms with Gasteiger partial charge >= 0.3 is 26.2 Å². The Morgan fingerprint density at radius 2 is 1.12 bits per heavy atom. The first-order valence-corrected chi connectivity index (χ1v) is 11.1. The van der Waals surface area contributed by atoms with Crippen LogP contribution in [-0.2, 0) is 26.2 Å². The Morgan fingerprint density at radius 3 is 1.27 bits per heavy atom. The molecule has 0 nitrogen and oxygen atoms in total. The first-order chi connectivity index (χ1) is 11.1. The molecule has 1 radical (unpaired) electrons. The van der Waals surface area contributed by atoms with Crippen molar-refractivity contribution in [1.82, 2.24) is 0 Å². The van der Waals surface area contributed by atoms with E-state index in [-0.39, 0.29) is 74.2 Å². The molecule has 0 saturated heterocycles. The van der Waals surface area contributed by atoms with Crippen molar-refractivity contribution in [3.63, 3.8) is 0 Å². The Hall–Kier alpha value is 1.52. The van der Waals surface area contributed by atoms with Crippen molar-refractivity contribution in [3.05, 3.63) is 46.6 Å². The normalized spacial score (nSPS) is 13.8. The fraction of sp³-hybridized carbons (Fsp3) is 0.636. The van der Waals surface area contributed by atoms with Crippen LogP contribution in [0.25, 0.3) is 0 Å². The average Bonchev–Trinajstić information content (AvgIpc) is 3.12. The van der Waals surface area contributed by atoms with E-state index in [0.29, 0.717) is 0 Å². The number of rotatable bonds is 6. The minimum atomic E-state index is 0. The van der Waals surface area contributed by atoms with Crippen molar-refractivity contribution >= 4 is 9.52 Å². The molecule has 0 saturated carbocycles. The van der Waals surface area contributed by atoms with Crippen LogP contribution in [0, 0.1) is 12.2 Å². The minimum Gasteiger partial charge on any atom is -1.00 e. The molecule has 0 heterocycles. The van der Waals surface area contributed by atoms with Crippen molar-refractivity contribution in [2.75, 3.05) is 0 Å². The third-order valence-corrected chi connectivity index (χ3v) is 5.13. The molecular formula is C22H37I2SiZr. The van der Waals surface area contributed by atoms with Crippen LogP contribution in [0.3, 0.4) is 0 Å². The summed E-state index contributed by atoms with van der Waals surface area (Å²) in [6, 6.07) is 2.85. The predicted octanol–water partition coefficient (Wildman–Crippen LogP) is 1.04. The molecule has 2 rings (SSSR count). The molecule has 0 atom stereocenters. The Morgan fingerprint density at radius 1 is 0.769 bits per heavy atom. The Balaban J connectivity index is -0.000000137. The molecule has 4 heteroatoms. The van der Waals surface area contributed by atoms with Crippen LogP contribution in [0.1, 0.15) is 80.1 Å². The third kappa shape index (κ3) is 17.6. The summed E-state index contributed by atoms with van der Waals surface area (Å²) in [6.07, 6.45) is 18.1. The second kappa shape index (κ2) is 24.6.